The first-order valence-electron chi connectivity index (χ1n) is 8.55. The van der Waals surface area contributed by atoms with Crippen molar-refractivity contribution >= 4 is 5.97 Å². The number of methoxy groups -OCH3 is 1. The van der Waals surface area contributed by atoms with E-state index in [4.69, 9.17) is 4.74 Å². The van der Waals surface area contributed by atoms with Crippen LogP contribution in [0.3, 0.4) is 0 Å². The number of nitrogens with one attached hydrogen (secondary N) is 1. The van der Waals surface area contributed by atoms with Gasteiger partial charge in [-0.25, -0.2) is 0 Å². The zero-order chi connectivity index (χ0) is 15.5. The Balaban J connectivity index is 1.80. The summed E-state index contributed by atoms with van der Waals surface area (Å²) in [7, 11) is 1.49. The maximum atomic E-state index is 12.1. The van der Waals surface area contributed by atoms with E-state index in [1.807, 2.05) is 6.92 Å². The first kappa shape index (κ1) is 16.8. The van der Waals surface area contributed by atoms with Crippen LogP contribution >= 0.6 is 0 Å². The molecule has 122 valence electrons. The summed E-state index contributed by atoms with van der Waals surface area (Å²) in [4.78, 5) is 14.7. The predicted molar refractivity (Wildman–Crippen MR) is 85.2 cm³/mol. The highest BCUT2D eigenvalue weighted by atomic mass is 16.5. The zero-order valence-electron chi connectivity index (χ0n) is 14.2. The lowest BCUT2D eigenvalue weighted by atomic mass is 9.95. The Hall–Kier alpha value is -0.610. The van der Waals surface area contributed by atoms with Crippen molar-refractivity contribution in [2.24, 2.45) is 5.92 Å². The third-order valence-electron chi connectivity index (χ3n) is 4.78. The van der Waals surface area contributed by atoms with Crippen LogP contribution in [0.4, 0.5) is 0 Å². The van der Waals surface area contributed by atoms with Crippen molar-refractivity contribution in [1.82, 2.24) is 10.2 Å². The van der Waals surface area contributed by atoms with Crippen molar-refractivity contribution in [3.8, 4) is 0 Å². The third-order valence-corrected chi connectivity index (χ3v) is 4.78. The minimum absolute atomic E-state index is 0.118. The standard InChI is InChI=1S/C17H32N2O2/c1-13(2)19(12-14-6-7-14)11-5-10-17(3,16(20)21-4)18-15-8-9-15/h13-15,18H,5-12H2,1-4H3. The van der Waals surface area contributed by atoms with Gasteiger partial charge in [-0.1, -0.05) is 0 Å². The normalized spacial score (nSPS) is 21.6. The van der Waals surface area contributed by atoms with Crippen LogP contribution < -0.4 is 5.32 Å². The largest absolute Gasteiger partial charge is 0.468 e. The summed E-state index contributed by atoms with van der Waals surface area (Å²) in [6.45, 7) is 8.84. The zero-order valence-corrected chi connectivity index (χ0v) is 14.2. The monoisotopic (exact) mass is 296 g/mol. The van der Waals surface area contributed by atoms with Gasteiger partial charge in [0, 0.05) is 18.6 Å². The molecule has 1 unspecified atom stereocenters. The molecule has 0 aliphatic heterocycles. The molecule has 0 radical (unpaired) electrons. The fourth-order valence-corrected chi connectivity index (χ4v) is 2.96. The van der Waals surface area contributed by atoms with Crippen LogP contribution in [0.5, 0.6) is 0 Å². The maximum Gasteiger partial charge on any atom is 0.325 e. The van der Waals surface area contributed by atoms with Gasteiger partial charge < -0.3 is 9.64 Å². The van der Waals surface area contributed by atoms with E-state index in [1.54, 1.807) is 0 Å². The lowest BCUT2D eigenvalue weighted by Crippen LogP contribution is -2.51. The molecular formula is C17H32N2O2. The van der Waals surface area contributed by atoms with Gasteiger partial charge in [-0.3, -0.25) is 10.1 Å². The van der Waals surface area contributed by atoms with Gasteiger partial charge in [-0.2, -0.15) is 0 Å². The fraction of sp³-hybridized carbons (Fsp3) is 0.941. The van der Waals surface area contributed by atoms with Crippen molar-refractivity contribution in [2.75, 3.05) is 20.2 Å². The van der Waals surface area contributed by atoms with Gasteiger partial charge in [0.2, 0.25) is 0 Å². The average molecular weight is 296 g/mol. The summed E-state index contributed by atoms with van der Waals surface area (Å²) >= 11 is 0. The van der Waals surface area contributed by atoms with Crippen LogP contribution in [0.1, 0.15) is 59.3 Å². The lowest BCUT2D eigenvalue weighted by Gasteiger charge is -2.31. The van der Waals surface area contributed by atoms with E-state index in [0.717, 1.165) is 25.3 Å². The number of ether oxygens (including phenoxy) is 1. The first-order valence-corrected chi connectivity index (χ1v) is 8.55. The Kier molecular flexibility index (Phi) is 5.67. The Morgan fingerprint density at radius 3 is 2.48 bits per heavy atom. The average Bonchev–Trinajstić information content (AvgIpc) is 3.32. The molecule has 0 spiro atoms. The highest BCUT2D eigenvalue weighted by Crippen LogP contribution is 2.31. The minimum Gasteiger partial charge on any atom is -0.468 e. The number of hydrogen-bond donors (Lipinski definition) is 1. The van der Waals surface area contributed by atoms with E-state index in [2.05, 4.69) is 24.1 Å². The Bertz CT molecular complexity index is 351. The van der Waals surface area contributed by atoms with Crippen LogP contribution in [0.15, 0.2) is 0 Å². The molecule has 1 atom stereocenters. The van der Waals surface area contributed by atoms with Crippen LogP contribution in [-0.2, 0) is 9.53 Å². The fourth-order valence-electron chi connectivity index (χ4n) is 2.96. The van der Waals surface area contributed by atoms with Gasteiger partial charge in [0.25, 0.3) is 0 Å². The summed E-state index contributed by atoms with van der Waals surface area (Å²) in [5.41, 5.74) is -0.516. The quantitative estimate of drug-likeness (QED) is 0.629. The number of carbonyl (C=O) groups is 1. The van der Waals surface area contributed by atoms with Gasteiger partial charge >= 0.3 is 5.97 Å². The Morgan fingerprint density at radius 2 is 2.00 bits per heavy atom. The molecule has 4 heteroatoms. The lowest BCUT2D eigenvalue weighted by molar-refractivity contribution is -0.148. The number of rotatable bonds is 10. The maximum absolute atomic E-state index is 12.1. The topological polar surface area (TPSA) is 41.6 Å². The molecule has 0 amide bonds. The highest BCUT2D eigenvalue weighted by molar-refractivity contribution is 5.80. The van der Waals surface area contributed by atoms with Crippen LogP contribution in [-0.4, -0.2) is 48.7 Å². The molecule has 2 fully saturated rings. The molecule has 0 aromatic heterocycles. The molecule has 2 rings (SSSR count). The second-order valence-electron chi connectivity index (χ2n) is 7.38. The van der Waals surface area contributed by atoms with Crippen molar-refractivity contribution < 1.29 is 9.53 Å². The van der Waals surface area contributed by atoms with Gasteiger partial charge in [-0.15, -0.1) is 0 Å². The van der Waals surface area contributed by atoms with E-state index in [1.165, 1.54) is 39.3 Å². The van der Waals surface area contributed by atoms with E-state index in [9.17, 15) is 4.79 Å². The summed E-state index contributed by atoms with van der Waals surface area (Å²) in [6.07, 6.45) is 7.05. The van der Waals surface area contributed by atoms with Crippen molar-refractivity contribution in [2.45, 2.75) is 76.9 Å². The molecule has 4 nitrogen and oxygen atoms in total. The van der Waals surface area contributed by atoms with Gasteiger partial charge in [0.05, 0.1) is 7.11 Å². The number of hydrogen-bond acceptors (Lipinski definition) is 4. The van der Waals surface area contributed by atoms with Crippen molar-refractivity contribution in [1.29, 1.82) is 0 Å². The number of carbonyl (C=O) groups excluding carboxylic acids is 1. The predicted octanol–water partition coefficient (Wildman–Crippen LogP) is 2.57. The highest BCUT2D eigenvalue weighted by Gasteiger charge is 2.39. The van der Waals surface area contributed by atoms with E-state index in [-0.39, 0.29) is 5.97 Å². The molecular weight excluding hydrogens is 264 g/mol. The Labute approximate surface area is 129 Å². The van der Waals surface area contributed by atoms with Crippen LogP contribution in [0.25, 0.3) is 0 Å². The molecule has 2 aliphatic rings. The van der Waals surface area contributed by atoms with Gasteiger partial charge in [-0.05, 0) is 71.8 Å². The van der Waals surface area contributed by atoms with Crippen LogP contribution in [0, 0.1) is 5.92 Å². The molecule has 0 aromatic rings. The summed E-state index contributed by atoms with van der Waals surface area (Å²) < 4.78 is 5.01. The summed E-state index contributed by atoms with van der Waals surface area (Å²) in [5, 5.41) is 3.48. The molecule has 1 N–H and O–H groups in total. The second-order valence-corrected chi connectivity index (χ2v) is 7.38. The molecule has 0 saturated heterocycles. The van der Waals surface area contributed by atoms with E-state index in [0.29, 0.717) is 12.1 Å². The van der Waals surface area contributed by atoms with Gasteiger partial charge in [0.1, 0.15) is 5.54 Å². The van der Waals surface area contributed by atoms with Gasteiger partial charge in [0.15, 0.2) is 0 Å². The van der Waals surface area contributed by atoms with Crippen LogP contribution in [0.2, 0.25) is 0 Å². The second kappa shape index (κ2) is 7.10. The van der Waals surface area contributed by atoms with E-state index < -0.39 is 5.54 Å². The molecule has 21 heavy (non-hydrogen) atoms. The number of nitrogens with zero attached hydrogens (tertiary/aromatic N) is 1. The van der Waals surface area contributed by atoms with Crippen molar-refractivity contribution in [3.05, 3.63) is 0 Å². The molecule has 2 saturated carbocycles. The Morgan fingerprint density at radius 1 is 1.33 bits per heavy atom. The van der Waals surface area contributed by atoms with Crippen molar-refractivity contribution in [3.63, 3.8) is 0 Å². The SMILES string of the molecule is COC(=O)C(C)(CCCN(CC1CC1)C(C)C)NC1CC1. The molecule has 0 bridgehead atoms. The molecule has 0 heterocycles. The van der Waals surface area contributed by atoms with E-state index >= 15 is 0 Å². The minimum atomic E-state index is -0.516. The number of esters is 1. The third kappa shape index (κ3) is 5.26. The smallest absolute Gasteiger partial charge is 0.325 e. The summed E-state index contributed by atoms with van der Waals surface area (Å²) in [5.74, 6) is 0.802. The summed E-state index contributed by atoms with van der Waals surface area (Å²) in [6, 6.07) is 1.10. The molecule has 2 aliphatic carbocycles. The molecule has 0 aromatic carbocycles. The first-order chi connectivity index (χ1) is 9.94.